The fourth-order valence-electron chi connectivity index (χ4n) is 3.65. The molecule has 0 spiro atoms. The van der Waals surface area contributed by atoms with E-state index in [4.69, 9.17) is 5.73 Å². The van der Waals surface area contributed by atoms with Crippen molar-refractivity contribution in [3.05, 3.63) is 22.4 Å². The van der Waals surface area contributed by atoms with E-state index in [1.54, 1.807) is 11.3 Å². The van der Waals surface area contributed by atoms with E-state index in [1.165, 1.54) is 31.2 Å². The predicted octanol–water partition coefficient (Wildman–Crippen LogP) is 2.49. The van der Waals surface area contributed by atoms with Gasteiger partial charge in [0.2, 0.25) is 0 Å². The van der Waals surface area contributed by atoms with Gasteiger partial charge >= 0.3 is 0 Å². The monoisotopic (exact) mass is 250 g/mol. The molecule has 94 valence electrons. The third-order valence-corrected chi connectivity index (χ3v) is 5.52. The van der Waals surface area contributed by atoms with E-state index in [0.717, 1.165) is 24.4 Å². The number of hydrogen-bond donors (Lipinski definition) is 1. The van der Waals surface area contributed by atoms with Crippen molar-refractivity contribution in [2.45, 2.75) is 50.2 Å². The van der Waals surface area contributed by atoms with Gasteiger partial charge in [0.15, 0.2) is 0 Å². The first-order valence-corrected chi connectivity index (χ1v) is 7.67. The van der Waals surface area contributed by atoms with Crippen LogP contribution in [0, 0.1) is 5.92 Å². The summed E-state index contributed by atoms with van der Waals surface area (Å²) in [4.78, 5) is 2.59. The highest BCUT2D eigenvalue weighted by atomic mass is 32.1. The molecule has 1 aromatic rings. The zero-order chi connectivity index (χ0) is 11.8. The third kappa shape index (κ3) is 2.28. The van der Waals surface area contributed by atoms with Gasteiger partial charge in [-0.25, -0.2) is 0 Å². The summed E-state index contributed by atoms with van der Waals surface area (Å²) in [6, 6.07) is 4.20. The van der Waals surface area contributed by atoms with E-state index in [0.29, 0.717) is 6.04 Å². The lowest BCUT2D eigenvalue weighted by atomic mass is 9.83. The fourth-order valence-corrected chi connectivity index (χ4v) is 4.33. The lowest BCUT2D eigenvalue weighted by Gasteiger charge is -2.38. The summed E-state index contributed by atoms with van der Waals surface area (Å²) in [5.41, 5.74) is 7.85. The second-order valence-corrected chi connectivity index (χ2v) is 6.56. The molecule has 0 aliphatic carbocycles. The molecule has 3 unspecified atom stereocenters. The van der Waals surface area contributed by atoms with Gasteiger partial charge in [-0.2, -0.15) is 11.3 Å². The van der Waals surface area contributed by atoms with Crippen molar-refractivity contribution in [1.82, 2.24) is 4.90 Å². The van der Waals surface area contributed by atoms with Crippen molar-refractivity contribution in [3.63, 3.8) is 0 Å². The van der Waals surface area contributed by atoms with Crippen LogP contribution in [-0.4, -0.2) is 30.1 Å². The number of piperidine rings is 1. The summed E-state index contributed by atoms with van der Waals surface area (Å²) in [5.74, 6) is 0.739. The number of rotatable bonds is 3. The number of thiophene rings is 1. The highest BCUT2D eigenvalue weighted by Gasteiger charge is 2.40. The highest BCUT2D eigenvalue weighted by molar-refractivity contribution is 7.07. The number of nitrogens with zero attached hydrogens (tertiary/aromatic N) is 1. The minimum Gasteiger partial charge on any atom is -0.327 e. The van der Waals surface area contributed by atoms with E-state index >= 15 is 0 Å². The van der Waals surface area contributed by atoms with Gasteiger partial charge in [-0.15, -0.1) is 0 Å². The van der Waals surface area contributed by atoms with Crippen LogP contribution in [0.5, 0.6) is 0 Å². The predicted molar refractivity (Wildman–Crippen MR) is 73.3 cm³/mol. The maximum atomic E-state index is 6.42. The van der Waals surface area contributed by atoms with Crippen LogP contribution >= 0.6 is 11.3 Å². The molecule has 3 heterocycles. The molecule has 2 fully saturated rings. The van der Waals surface area contributed by atoms with E-state index in [2.05, 4.69) is 28.8 Å². The lowest BCUT2D eigenvalue weighted by molar-refractivity contribution is 0.120. The standard InChI is InChI=1S/C14H22N2S/c1-16-12-2-3-13(16)8-11(7-12)14(15)6-10-4-5-17-9-10/h4-5,9,11-14H,2-3,6-8,15H2,1H3. The molecule has 3 heteroatoms. The Hall–Kier alpha value is -0.380. The molecule has 0 amide bonds. The summed E-state index contributed by atoms with van der Waals surface area (Å²) in [5, 5.41) is 4.39. The van der Waals surface area contributed by atoms with Gasteiger partial charge in [0.25, 0.3) is 0 Å². The third-order valence-electron chi connectivity index (χ3n) is 4.79. The van der Waals surface area contributed by atoms with Gasteiger partial charge in [-0.05, 0) is 67.5 Å². The molecular weight excluding hydrogens is 228 g/mol. The van der Waals surface area contributed by atoms with Crippen LogP contribution < -0.4 is 5.73 Å². The van der Waals surface area contributed by atoms with Gasteiger partial charge in [0.1, 0.15) is 0 Å². The lowest BCUT2D eigenvalue weighted by Crippen LogP contribution is -2.46. The molecule has 17 heavy (non-hydrogen) atoms. The van der Waals surface area contributed by atoms with E-state index in [9.17, 15) is 0 Å². The second-order valence-electron chi connectivity index (χ2n) is 5.78. The number of fused-ring (bicyclic) bond motifs is 2. The Morgan fingerprint density at radius 1 is 1.41 bits per heavy atom. The largest absolute Gasteiger partial charge is 0.327 e. The van der Waals surface area contributed by atoms with Crippen LogP contribution in [0.25, 0.3) is 0 Å². The first-order valence-electron chi connectivity index (χ1n) is 6.72. The quantitative estimate of drug-likeness (QED) is 0.893. The Kier molecular flexibility index (Phi) is 3.24. The van der Waals surface area contributed by atoms with Gasteiger partial charge in [0.05, 0.1) is 0 Å². The average Bonchev–Trinajstić information content (AvgIpc) is 2.86. The minimum absolute atomic E-state index is 0.362. The molecule has 2 saturated heterocycles. The van der Waals surface area contributed by atoms with Gasteiger partial charge in [-0.3, -0.25) is 0 Å². The number of hydrogen-bond acceptors (Lipinski definition) is 3. The average molecular weight is 250 g/mol. The molecule has 0 aromatic carbocycles. The molecular formula is C14H22N2S. The molecule has 2 aliphatic heterocycles. The molecule has 2 N–H and O–H groups in total. The highest BCUT2D eigenvalue weighted by Crippen LogP contribution is 2.38. The van der Waals surface area contributed by atoms with E-state index in [1.807, 2.05) is 0 Å². The summed E-state index contributed by atoms with van der Waals surface area (Å²) in [7, 11) is 2.29. The molecule has 1 aromatic heterocycles. The number of nitrogens with two attached hydrogens (primary N) is 1. The van der Waals surface area contributed by atoms with Gasteiger partial charge < -0.3 is 10.6 Å². The topological polar surface area (TPSA) is 29.3 Å². The Morgan fingerprint density at radius 2 is 2.12 bits per heavy atom. The second kappa shape index (κ2) is 4.71. The minimum atomic E-state index is 0.362. The molecule has 2 aliphatic rings. The molecule has 2 bridgehead atoms. The fraction of sp³-hybridized carbons (Fsp3) is 0.714. The summed E-state index contributed by atoms with van der Waals surface area (Å²) >= 11 is 1.78. The maximum Gasteiger partial charge on any atom is 0.0109 e. The van der Waals surface area contributed by atoms with Crippen molar-refractivity contribution >= 4 is 11.3 Å². The van der Waals surface area contributed by atoms with Crippen LogP contribution in [0.1, 0.15) is 31.2 Å². The SMILES string of the molecule is CN1C2CCC1CC(C(N)Cc1ccsc1)C2. The normalized spacial score (nSPS) is 35.1. The molecule has 0 saturated carbocycles. The first kappa shape index (κ1) is 11.7. The Labute approximate surface area is 108 Å². The van der Waals surface area contributed by atoms with Gasteiger partial charge in [-0.1, -0.05) is 0 Å². The van der Waals surface area contributed by atoms with Crippen molar-refractivity contribution < 1.29 is 0 Å². The Balaban J connectivity index is 1.62. The summed E-state index contributed by atoms with van der Waals surface area (Å²) < 4.78 is 0. The molecule has 0 radical (unpaired) electrons. The van der Waals surface area contributed by atoms with Crippen LogP contribution in [0.3, 0.4) is 0 Å². The van der Waals surface area contributed by atoms with Crippen molar-refractivity contribution in [1.29, 1.82) is 0 Å². The zero-order valence-electron chi connectivity index (χ0n) is 10.5. The van der Waals surface area contributed by atoms with E-state index < -0.39 is 0 Å². The van der Waals surface area contributed by atoms with Crippen molar-refractivity contribution in [3.8, 4) is 0 Å². The zero-order valence-corrected chi connectivity index (χ0v) is 11.3. The molecule has 3 atom stereocenters. The van der Waals surface area contributed by atoms with Crippen LogP contribution in [0.4, 0.5) is 0 Å². The molecule has 2 nitrogen and oxygen atoms in total. The van der Waals surface area contributed by atoms with Crippen LogP contribution in [-0.2, 0) is 6.42 Å². The summed E-state index contributed by atoms with van der Waals surface area (Å²) in [6.07, 6.45) is 6.49. The van der Waals surface area contributed by atoms with Crippen LogP contribution in [0.15, 0.2) is 16.8 Å². The smallest absolute Gasteiger partial charge is 0.0109 e. The molecule has 3 rings (SSSR count). The Morgan fingerprint density at radius 3 is 2.71 bits per heavy atom. The van der Waals surface area contributed by atoms with Crippen molar-refractivity contribution in [2.75, 3.05) is 7.05 Å². The first-order chi connectivity index (χ1) is 8.24. The van der Waals surface area contributed by atoms with Crippen LogP contribution in [0.2, 0.25) is 0 Å². The maximum absolute atomic E-state index is 6.42. The van der Waals surface area contributed by atoms with Gasteiger partial charge in [0, 0.05) is 18.1 Å². The summed E-state index contributed by atoms with van der Waals surface area (Å²) in [6.45, 7) is 0. The van der Waals surface area contributed by atoms with E-state index in [-0.39, 0.29) is 0 Å². The Bertz CT molecular complexity index is 348. The van der Waals surface area contributed by atoms with Crippen molar-refractivity contribution in [2.24, 2.45) is 11.7 Å².